The van der Waals surface area contributed by atoms with Crippen LogP contribution in [0.1, 0.15) is 138 Å². The van der Waals surface area contributed by atoms with E-state index in [1.54, 1.807) is 32.2 Å². The molecular weight excluding hydrogens is 910 g/mol. The quantitative estimate of drug-likeness (QED) is 0.113. The van der Waals surface area contributed by atoms with Crippen molar-refractivity contribution in [3.63, 3.8) is 0 Å². The average molecular weight is 990 g/mol. The Hall–Kier alpha value is -3.81. The van der Waals surface area contributed by atoms with Crippen LogP contribution in [0.25, 0.3) is 0 Å². The van der Waals surface area contributed by atoms with Gasteiger partial charge in [-0.1, -0.05) is 58.9 Å². The Morgan fingerprint density at radius 3 is 2.35 bits per heavy atom. The number of benzene rings is 1. The lowest BCUT2D eigenvalue weighted by Crippen LogP contribution is -2.58. The molecule has 2 fully saturated rings. The molecule has 18 heteroatoms. The van der Waals surface area contributed by atoms with Crippen LogP contribution in [0.4, 0.5) is 4.39 Å². The second kappa shape index (κ2) is 24.5. The zero-order valence-electron chi connectivity index (χ0n) is 43.2. The summed E-state index contributed by atoms with van der Waals surface area (Å²) in [5.41, 5.74) is -0.272. The number of Topliss-reactive ketones (excluding diaryl/α,β-unsaturated/α-hetero) is 2. The van der Waals surface area contributed by atoms with Gasteiger partial charge in [-0.3, -0.25) is 19.2 Å². The molecule has 69 heavy (non-hydrogen) atoms. The van der Waals surface area contributed by atoms with Crippen LogP contribution in [0, 0.1) is 35.0 Å². The number of hydrogen-bond donors (Lipinski definition) is 2. The number of likely N-dealkylation sites (N-methyl/N-ethyl adjacent to an activating group) is 1. The molecule has 1 saturated heterocycles. The van der Waals surface area contributed by atoms with Crippen molar-refractivity contribution in [2.45, 2.75) is 187 Å². The fourth-order valence-electron chi connectivity index (χ4n) is 10.2. The van der Waals surface area contributed by atoms with Gasteiger partial charge < -0.3 is 29.3 Å². The summed E-state index contributed by atoms with van der Waals surface area (Å²) in [7, 11) is -1.51. The average Bonchev–Trinajstić information content (AvgIpc) is 3.76. The minimum atomic E-state index is -3.37. The summed E-state index contributed by atoms with van der Waals surface area (Å²) in [5.74, 6) is -4.17. The summed E-state index contributed by atoms with van der Waals surface area (Å²) in [4.78, 5) is 61.1. The molecule has 0 radical (unpaired) electrons. The molecule has 1 aromatic carbocycles. The zero-order valence-corrected chi connectivity index (χ0v) is 44.0. The van der Waals surface area contributed by atoms with Crippen molar-refractivity contribution in [3.8, 4) is 0 Å². The van der Waals surface area contributed by atoms with E-state index in [4.69, 9.17) is 14.2 Å². The molecule has 2 heterocycles. The molecule has 13 atom stereocenters. The van der Waals surface area contributed by atoms with E-state index in [1.807, 2.05) is 39.6 Å². The number of nitrogens with zero attached hydrogens (tertiary/aromatic N) is 5. The zero-order chi connectivity index (χ0) is 51.8. The summed E-state index contributed by atoms with van der Waals surface area (Å²) in [5, 5.41) is 31.4. The van der Waals surface area contributed by atoms with Crippen molar-refractivity contribution in [1.29, 1.82) is 0 Å². The Bertz CT molecular complexity index is 2200. The Labute approximate surface area is 409 Å². The molecule has 0 spiro atoms. The number of hydrogen-bond acceptors (Lipinski definition) is 14. The molecule has 2 aromatic rings. The highest BCUT2D eigenvalue weighted by Gasteiger charge is 2.49. The standard InChI is InChI=1S/C51H80FN5O11S/c1-14-43(50(9,10)63)67-48(62)35(7)45(60)34(6)47(51(11)23-21-40(59)18-15-30(2)33(5)44(31(3)27-51)53-36(8)58)68-49-46(61)42(25-32(4)66-49)56(12)24-22-38-29-57(55-54-38)39(28-52)26-37-16-19-41(20-17-37)69(13,64)65/h16-17,19-20,29-35,39,42-43,46-47,49,61,63H,14-15,18,21-28H2,1-13H3/b53-44+/t30-,31-,32-,33-,34+,35-,39+,42+,43-,46-,47-,49+,51-/m1/s1. The third-order valence-corrected chi connectivity index (χ3v) is 15.8. The van der Waals surface area contributed by atoms with Gasteiger partial charge in [-0.2, -0.15) is 0 Å². The van der Waals surface area contributed by atoms with E-state index in [0.29, 0.717) is 62.9 Å². The summed E-state index contributed by atoms with van der Waals surface area (Å²) in [6, 6.07) is 5.16. The largest absolute Gasteiger partial charge is 0.459 e. The molecule has 1 saturated carbocycles. The minimum absolute atomic E-state index is 0.0533. The predicted molar refractivity (Wildman–Crippen MR) is 260 cm³/mol. The number of aliphatic imine (C=N–C) groups is 1. The highest BCUT2D eigenvalue weighted by Crippen LogP contribution is 2.45. The van der Waals surface area contributed by atoms with E-state index < -0.39 is 93.9 Å². The molecule has 1 amide bonds. The van der Waals surface area contributed by atoms with Crippen molar-refractivity contribution < 1.29 is 56.4 Å². The molecule has 16 nitrogen and oxygen atoms in total. The number of amides is 1. The van der Waals surface area contributed by atoms with Gasteiger partial charge >= 0.3 is 5.97 Å². The van der Waals surface area contributed by atoms with Crippen molar-refractivity contribution in [2.24, 2.45) is 40.0 Å². The molecule has 1 aliphatic carbocycles. The highest BCUT2D eigenvalue weighted by atomic mass is 32.2. The first kappa shape index (κ1) is 57.8. The lowest BCUT2D eigenvalue weighted by molar-refractivity contribution is -0.287. The van der Waals surface area contributed by atoms with Gasteiger partial charge in [0.05, 0.1) is 34.4 Å². The number of ketones is 2. The molecule has 2 aliphatic rings. The van der Waals surface area contributed by atoms with Gasteiger partial charge in [0, 0.05) is 62.9 Å². The fraction of sp³-hybridized carbons (Fsp3) is 0.745. The van der Waals surface area contributed by atoms with E-state index in [2.05, 4.69) is 22.2 Å². The maximum Gasteiger partial charge on any atom is 0.316 e. The maximum absolute atomic E-state index is 14.6. The van der Waals surface area contributed by atoms with Gasteiger partial charge in [0.2, 0.25) is 5.91 Å². The number of halogens is 1. The summed E-state index contributed by atoms with van der Waals surface area (Å²) >= 11 is 0. The van der Waals surface area contributed by atoms with Gasteiger partial charge in [-0.05, 0) is 114 Å². The van der Waals surface area contributed by atoms with Crippen LogP contribution in [0.15, 0.2) is 40.4 Å². The number of esters is 1. The van der Waals surface area contributed by atoms with Gasteiger partial charge in [-0.15, -0.1) is 5.10 Å². The summed E-state index contributed by atoms with van der Waals surface area (Å²) < 4.78 is 58.7. The van der Waals surface area contributed by atoms with Crippen LogP contribution in [0.5, 0.6) is 0 Å². The van der Waals surface area contributed by atoms with Crippen LogP contribution < -0.4 is 0 Å². The number of alkyl halides is 1. The summed E-state index contributed by atoms with van der Waals surface area (Å²) in [6.07, 6.45) is 1.27. The molecule has 1 aromatic heterocycles. The third kappa shape index (κ3) is 15.6. The number of carbonyl (C=O) groups excluding carboxylic acids is 4. The van der Waals surface area contributed by atoms with E-state index in [0.717, 1.165) is 11.8 Å². The summed E-state index contributed by atoms with van der Waals surface area (Å²) in [6.45, 7) is 19.0. The van der Waals surface area contributed by atoms with Crippen LogP contribution in [-0.2, 0) is 56.1 Å². The smallest absolute Gasteiger partial charge is 0.316 e. The van der Waals surface area contributed by atoms with Gasteiger partial charge in [-0.25, -0.2) is 22.5 Å². The van der Waals surface area contributed by atoms with Crippen molar-refractivity contribution in [1.82, 2.24) is 19.9 Å². The van der Waals surface area contributed by atoms with Crippen LogP contribution in [0.3, 0.4) is 0 Å². The number of aliphatic hydroxyl groups excluding tert-OH is 1. The van der Waals surface area contributed by atoms with Crippen LogP contribution >= 0.6 is 0 Å². The number of ether oxygens (including phenoxy) is 3. The second-order valence-corrected chi connectivity index (χ2v) is 23.1. The molecule has 2 N–H and O–H groups in total. The molecule has 1 aliphatic heterocycles. The van der Waals surface area contributed by atoms with Gasteiger partial charge in [0.1, 0.15) is 30.6 Å². The van der Waals surface area contributed by atoms with Gasteiger partial charge in [0.25, 0.3) is 0 Å². The number of rotatable bonds is 19. The highest BCUT2D eigenvalue weighted by molar-refractivity contribution is 7.90. The SMILES string of the molecule is CC[C@@H](OC(=O)[C@H](C)C(=O)[C@H](C)[C@@H](O[C@@H]1O[C@H](C)C[C@H](N(C)CCc2cn([C@H](CF)Cc3ccc(S(C)(=O)=O)cc3)nn2)[C@H]1O)[C@]1(C)CCC(=O)CC[C@@H](C)[C@@H](C)/C(=N/C(C)=O)[C@H](C)C1)C(C)(C)O. The van der Waals surface area contributed by atoms with Crippen molar-refractivity contribution >= 4 is 39.0 Å². The number of aromatic nitrogens is 3. The third-order valence-electron chi connectivity index (χ3n) is 14.6. The first-order chi connectivity index (χ1) is 32.1. The molecule has 388 valence electrons. The fourth-order valence-corrected chi connectivity index (χ4v) is 10.8. The second-order valence-electron chi connectivity index (χ2n) is 21.1. The van der Waals surface area contributed by atoms with Crippen LogP contribution in [-0.4, -0.2) is 137 Å². The van der Waals surface area contributed by atoms with Crippen molar-refractivity contribution in [3.05, 3.63) is 41.7 Å². The normalized spacial score (nSPS) is 28.3. The molecule has 0 bridgehead atoms. The minimum Gasteiger partial charge on any atom is -0.459 e. The predicted octanol–water partition coefficient (Wildman–Crippen LogP) is 6.53. The van der Waals surface area contributed by atoms with Gasteiger partial charge in [0.15, 0.2) is 21.9 Å². The van der Waals surface area contributed by atoms with E-state index in [1.165, 1.54) is 44.5 Å². The Kier molecular flexibility index (Phi) is 20.5. The lowest BCUT2D eigenvalue weighted by atomic mass is 9.66. The molecule has 0 unspecified atom stereocenters. The Morgan fingerprint density at radius 1 is 1.12 bits per heavy atom. The van der Waals surface area contributed by atoms with E-state index in [-0.39, 0.29) is 47.2 Å². The molecular formula is C51H80FN5O11S. The number of sulfone groups is 1. The molecule has 4 rings (SSSR count). The Morgan fingerprint density at radius 2 is 1.77 bits per heavy atom. The van der Waals surface area contributed by atoms with Crippen molar-refractivity contribution in [2.75, 3.05) is 26.5 Å². The number of aliphatic hydroxyl groups is 2. The Balaban J connectivity index is 1.63. The lowest BCUT2D eigenvalue weighted by Gasteiger charge is -2.48. The first-order valence-electron chi connectivity index (χ1n) is 24.6. The topological polar surface area (TPSA) is 217 Å². The monoisotopic (exact) mass is 990 g/mol. The van der Waals surface area contributed by atoms with Crippen LogP contribution in [0.2, 0.25) is 0 Å². The number of carbonyl (C=O) groups is 4. The van der Waals surface area contributed by atoms with E-state index in [9.17, 15) is 42.2 Å². The first-order valence-corrected chi connectivity index (χ1v) is 26.5. The maximum atomic E-state index is 14.6. The van der Waals surface area contributed by atoms with E-state index >= 15 is 0 Å².